The third-order valence-corrected chi connectivity index (χ3v) is 4.45. The van der Waals surface area contributed by atoms with Crippen LogP contribution in [0.25, 0.3) is 21.9 Å². The fourth-order valence-corrected chi connectivity index (χ4v) is 3.15. The van der Waals surface area contributed by atoms with E-state index in [1.54, 1.807) is 11.7 Å². The number of benzene rings is 2. The lowest BCUT2D eigenvalue weighted by Gasteiger charge is -2.06. The molecular formula is C18H15N3O2S. The molecule has 2 heterocycles. The minimum Gasteiger partial charge on any atom is -0.497 e. The van der Waals surface area contributed by atoms with Crippen LogP contribution in [0.5, 0.6) is 5.75 Å². The molecule has 0 aliphatic rings. The number of aromatic nitrogens is 3. The monoisotopic (exact) mass is 337 g/mol. The molecule has 0 aliphatic carbocycles. The molecule has 2 aromatic heterocycles. The number of H-pyrrole nitrogens is 2. The quantitative estimate of drug-likeness (QED) is 0.562. The van der Waals surface area contributed by atoms with Gasteiger partial charge in [-0.15, -0.1) is 0 Å². The van der Waals surface area contributed by atoms with Crippen LogP contribution in [-0.4, -0.2) is 21.6 Å². The largest absolute Gasteiger partial charge is 0.497 e. The van der Waals surface area contributed by atoms with Crippen LogP contribution in [0.4, 0.5) is 0 Å². The molecule has 0 radical (unpaired) electrons. The van der Waals surface area contributed by atoms with Gasteiger partial charge in [0, 0.05) is 10.9 Å². The molecule has 0 saturated carbocycles. The third kappa shape index (κ3) is 2.32. The van der Waals surface area contributed by atoms with Gasteiger partial charge in [-0.25, -0.2) is 0 Å². The van der Waals surface area contributed by atoms with Crippen LogP contribution in [0.15, 0.2) is 53.3 Å². The number of hydrogen-bond acceptors (Lipinski definition) is 3. The van der Waals surface area contributed by atoms with Gasteiger partial charge in [-0.3, -0.25) is 9.36 Å². The molecule has 0 atom stereocenters. The molecule has 0 spiro atoms. The second kappa shape index (κ2) is 5.65. The Hall–Kier alpha value is -2.86. The molecule has 0 unspecified atom stereocenters. The summed E-state index contributed by atoms with van der Waals surface area (Å²) in [7, 11) is 1.62. The van der Waals surface area contributed by atoms with Gasteiger partial charge in [0.15, 0.2) is 4.77 Å². The predicted molar refractivity (Wildman–Crippen MR) is 97.3 cm³/mol. The molecule has 2 N–H and O–H groups in total. The molecule has 0 fully saturated rings. The van der Waals surface area contributed by atoms with Gasteiger partial charge in [0.25, 0.3) is 5.56 Å². The number of nitrogens with zero attached hydrogens (tertiary/aromatic N) is 1. The predicted octanol–water partition coefficient (Wildman–Crippen LogP) is 3.60. The van der Waals surface area contributed by atoms with Gasteiger partial charge in [0.1, 0.15) is 11.3 Å². The highest BCUT2D eigenvalue weighted by molar-refractivity contribution is 7.71. The molecule has 4 aromatic rings. The van der Waals surface area contributed by atoms with Crippen molar-refractivity contribution in [2.75, 3.05) is 7.11 Å². The summed E-state index contributed by atoms with van der Waals surface area (Å²) >= 11 is 5.42. The second-order valence-corrected chi connectivity index (χ2v) is 5.98. The molecule has 2 aromatic carbocycles. The van der Waals surface area contributed by atoms with Crippen LogP contribution < -0.4 is 10.3 Å². The van der Waals surface area contributed by atoms with E-state index in [0.717, 1.165) is 22.2 Å². The van der Waals surface area contributed by atoms with Gasteiger partial charge in [-0.1, -0.05) is 30.3 Å². The van der Waals surface area contributed by atoms with Crippen molar-refractivity contribution in [2.24, 2.45) is 0 Å². The van der Waals surface area contributed by atoms with Crippen molar-refractivity contribution in [1.82, 2.24) is 14.5 Å². The molecule has 4 rings (SSSR count). The number of hydrogen-bond donors (Lipinski definition) is 2. The summed E-state index contributed by atoms with van der Waals surface area (Å²) in [5, 5.41) is 0.888. The van der Waals surface area contributed by atoms with E-state index >= 15 is 0 Å². The molecule has 0 saturated heterocycles. The molecule has 6 heteroatoms. The van der Waals surface area contributed by atoms with Gasteiger partial charge >= 0.3 is 0 Å². The topological polar surface area (TPSA) is 62.8 Å². The second-order valence-electron chi connectivity index (χ2n) is 5.59. The Kier molecular flexibility index (Phi) is 3.46. The van der Waals surface area contributed by atoms with Crippen LogP contribution in [0.1, 0.15) is 5.56 Å². The van der Waals surface area contributed by atoms with Gasteiger partial charge in [-0.2, -0.15) is 0 Å². The van der Waals surface area contributed by atoms with Crippen molar-refractivity contribution in [1.29, 1.82) is 0 Å². The van der Waals surface area contributed by atoms with Crippen LogP contribution in [-0.2, 0) is 6.54 Å². The maximum absolute atomic E-state index is 12.9. The smallest absolute Gasteiger partial charge is 0.278 e. The van der Waals surface area contributed by atoms with Gasteiger partial charge in [0.05, 0.1) is 19.2 Å². The average Bonchev–Trinajstić information content (AvgIpc) is 2.97. The minimum atomic E-state index is -0.132. The van der Waals surface area contributed by atoms with Crippen LogP contribution >= 0.6 is 12.2 Å². The Morgan fingerprint density at radius 2 is 1.88 bits per heavy atom. The fourth-order valence-electron chi connectivity index (χ4n) is 2.90. The molecule has 24 heavy (non-hydrogen) atoms. The summed E-state index contributed by atoms with van der Waals surface area (Å²) < 4.78 is 7.24. The molecule has 5 nitrogen and oxygen atoms in total. The van der Waals surface area contributed by atoms with Crippen molar-refractivity contribution in [3.05, 3.63) is 69.2 Å². The van der Waals surface area contributed by atoms with E-state index in [0.29, 0.717) is 22.3 Å². The van der Waals surface area contributed by atoms with Crippen LogP contribution in [0.3, 0.4) is 0 Å². The minimum absolute atomic E-state index is 0.132. The average molecular weight is 337 g/mol. The SMILES string of the molecule is COc1ccc2[nH]c3c(=O)n(Cc4ccccc4)c(=S)[nH]c3c2c1. The summed E-state index contributed by atoms with van der Waals surface area (Å²) in [6.07, 6.45) is 0. The van der Waals surface area contributed by atoms with Crippen molar-refractivity contribution in [3.8, 4) is 5.75 Å². The number of ether oxygens (including phenoxy) is 1. The van der Waals surface area contributed by atoms with E-state index in [4.69, 9.17) is 17.0 Å². The standard InChI is InChI=1S/C18H15N3O2S/c1-23-12-7-8-14-13(9-12)15-16(19-14)17(22)21(18(24)20-15)10-11-5-3-2-4-6-11/h2-9,19H,10H2,1H3,(H,20,24). The molecule has 0 amide bonds. The van der Waals surface area contributed by atoms with Gasteiger partial charge in [0.2, 0.25) is 0 Å². The first-order valence-corrected chi connectivity index (χ1v) is 7.94. The highest BCUT2D eigenvalue weighted by atomic mass is 32.1. The maximum Gasteiger partial charge on any atom is 0.278 e. The molecular weight excluding hydrogens is 322 g/mol. The van der Waals surface area contributed by atoms with Gasteiger partial charge in [-0.05, 0) is 36.0 Å². The first-order valence-electron chi connectivity index (χ1n) is 7.54. The van der Waals surface area contributed by atoms with E-state index in [-0.39, 0.29) is 5.56 Å². The molecule has 0 aliphatic heterocycles. The summed E-state index contributed by atoms with van der Waals surface area (Å²) in [6.45, 7) is 0.434. The fraction of sp³-hybridized carbons (Fsp3) is 0.111. The number of aromatic amines is 2. The zero-order valence-electron chi connectivity index (χ0n) is 13.0. The Morgan fingerprint density at radius 3 is 2.62 bits per heavy atom. The zero-order chi connectivity index (χ0) is 16.7. The maximum atomic E-state index is 12.9. The van der Waals surface area contributed by atoms with Crippen molar-refractivity contribution in [2.45, 2.75) is 6.54 Å². The van der Waals surface area contributed by atoms with E-state index < -0.39 is 0 Å². The Morgan fingerprint density at radius 1 is 1.08 bits per heavy atom. The normalized spacial score (nSPS) is 11.2. The number of rotatable bonds is 3. The number of methoxy groups -OCH3 is 1. The number of fused-ring (bicyclic) bond motifs is 3. The Bertz CT molecular complexity index is 1160. The first-order chi connectivity index (χ1) is 11.7. The summed E-state index contributed by atoms with van der Waals surface area (Å²) in [6, 6.07) is 15.4. The van der Waals surface area contributed by atoms with E-state index in [1.165, 1.54) is 0 Å². The lowest BCUT2D eigenvalue weighted by Crippen LogP contribution is -2.22. The summed E-state index contributed by atoms with van der Waals surface area (Å²) in [5.41, 5.74) is 2.99. The van der Waals surface area contributed by atoms with Crippen LogP contribution in [0, 0.1) is 4.77 Å². The Labute approximate surface area is 142 Å². The summed E-state index contributed by atoms with van der Waals surface area (Å²) in [4.78, 5) is 19.3. The lowest BCUT2D eigenvalue weighted by atomic mass is 10.2. The van der Waals surface area contributed by atoms with Crippen molar-refractivity contribution < 1.29 is 4.74 Å². The van der Waals surface area contributed by atoms with Crippen molar-refractivity contribution >= 4 is 34.2 Å². The van der Waals surface area contributed by atoms with Crippen molar-refractivity contribution in [3.63, 3.8) is 0 Å². The Balaban J connectivity index is 1.96. The summed E-state index contributed by atoms with van der Waals surface area (Å²) in [5.74, 6) is 0.733. The van der Waals surface area contributed by atoms with Crippen LogP contribution in [0.2, 0.25) is 0 Å². The highest BCUT2D eigenvalue weighted by Gasteiger charge is 2.12. The van der Waals surface area contributed by atoms with Gasteiger partial charge < -0.3 is 14.7 Å². The lowest BCUT2D eigenvalue weighted by molar-refractivity contribution is 0.415. The first kappa shape index (κ1) is 14.7. The molecule has 0 bridgehead atoms. The molecule has 120 valence electrons. The van der Waals surface area contributed by atoms with E-state index in [9.17, 15) is 4.79 Å². The third-order valence-electron chi connectivity index (χ3n) is 4.13. The van der Waals surface area contributed by atoms with E-state index in [1.807, 2.05) is 48.5 Å². The highest BCUT2D eigenvalue weighted by Crippen LogP contribution is 2.25. The van der Waals surface area contributed by atoms with E-state index in [2.05, 4.69) is 9.97 Å². The zero-order valence-corrected chi connectivity index (χ0v) is 13.8. The number of nitrogens with one attached hydrogen (secondary N) is 2.